The van der Waals surface area contributed by atoms with Crippen molar-refractivity contribution in [2.24, 2.45) is 0 Å². The summed E-state index contributed by atoms with van der Waals surface area (Å²) in [4.78, 5) is 3.61. The number of halogens is 4. The van der Waals surface area contributed by atoms with Crippen molar-refractivity contribution in [2.45, 2.75) is 13.3 Å². The molecule has 0 aliphatic heterocycles. The molecule has 0 unspecified atom stereocenters. The molecule has 0 N–H and O–H groups in total. The van der Waals surface area contributed by atoms with Crippen LogP contribution in [0.1, 0.15) is 5.56 Å². The molecule has 1 aromatic rings. The molecule has 0 aliphatic rings. The van der Waals surface area contributed by atoms with E-state index in [1.54, 1.807) is 29.5 Å². The molecule has 0 aliphatic carbocycles. The van der Waals surface area contributed by atoms with Crippen molar-refractivity contribution < 1.29 is 22.6 Å². The molecule has 7 heteroatoms. The van der Waals surface area contributed by atoms with Crippen LogP contribution in [0.4, 0.5) is 13.2 Å². The topological polar surface area (TPSA) is 31.4 Å². The molecule has 3 nitrogen and oxygen atoms in total. The summed E-state index contributed by atoms with van der Waals surface area (Å²) in [6.07, 6.45) is -4.73. The van der Waals surface area contributed by atoms with E-state index in [1.807, 2.05) is 0 Å². The molecule has 15 heavy (non-hydrogen) atoms. The Kier molecular flexibility index (Phi) is 3.63. The van der Waals surface area contributed by atoms with Crippen LogP contribution in [0.25, 0.3) is 0 Å². The fraction of sp³-hybridized carbons (Fsp3) is 0.375. The first-order valence-corrected chi connectivity index (χ1v) is 4.88. The van der Waals surface area contributed by atoms with E-state index in [0.29, 0.717) is 15.0 Å². The standard InChI is InChI=1S/C8H7F3INO2/c1-4-3-5(15-8(9,10)11)13-7(12)6(4)14-2/h3H,1-2H3. The fourth-order valence-electron chi connectivity index (χ4n) is 1.01. The van der Waals surface area contributed by atoms with Crippen molar-refractivity contribution in [3.63, 3.8) is 0 Å². The lowest BCUT2D eigenvalue weighted by Crippen LogP contribution is -2.18. The van der Waals surface area contributed by atoms with E-state index in [0.717, 1.165) is 0 Å². The van der Waals surface area contributed by atoms with Crippen LogP contribution in [-0.4, -0.2) is 18.5 Å². The molecule has 0 radical (unpaired) electrons. The third kappa shape index (κ3) is 3.40. The SMILES string of the molecule is COc1c(C)cc(OC(F)(F)F)nc1I. The molecule has 0 fully saturated rings. The highest BCUT2D eigenvalue weighted by Crippen LogP contribution is 2.29. The third-order valence-electron chi connectivity index (χ3n) is 1.52. The van der Waals surface area contributed by atoms with Gasteiger partial charge in [-0.25, -0.2) is 4.98 Å². The van der Waals surface area contributed by atoms with E-state index in [2.05, 4.69) is 9.72 Å². The molecule has 0 bridgehead atoms. The monoisotopic (exact) mass is 333 g/mol. The second-order valence-corrected chi connectivity index (χ2v) is 3.67. The number of rotatable bonds is 2. The molecule has 0 amide bonds. The summed E-state index contributed by atoms with van der Waals surface area (Å²) >= 11 is 1.78. The predicted molar refractivity (Wildman–Crippen MR) is 54.9 cm³/mol. The summed E-state index contributed by atoms with van der Waals surface area (Å²) in [6, 6.07) is 1.18. The minimum Gasteiger partial charge on any atom is -0.494 e. The number of ether oxygens (including phenoxy) is 2. The lowest BCUT2D eigenvalue weighted by molar-refractivity contribution is -0.276. The second kappa shape index (κ2) is 4.42. The average molecular weight is 333 g/mol. The maximum absolute atomic E-state index is 11.9. The van der Waals surface area contributed by atoms with Crippen molar-refractivity contribution in [2.75, 3.05) is 7.11 Å². The van der Waals surface area contributed by atoms with Gasteiger partial charge in [0.05, 0.1) is 7.11 Å². The Morgan fingerprint density at radius 3 is 2.40 bits per heavy atom. The molecule has 84 valence electrons. The predicted octanol–water partition coefficient (Wildman–Crippen LogP) is 2.90. The van der Waals surface area contributed by atoms with Crippen LogP contribution in [0.5, 0.6) is 11.6 Å². The summed E-state index contributed by atoms with van der Waals surface area (Å²) in [5.74, 6) is -0.0321. The normalized spacial score (nSPS) is 11.3. The minimum atomic E-state index is -4.73. The van der Waals surface area contributed by atoms with Crippen LogP contribution >= 0.6 is 22.6 Å². The van der Waals surface area contributed by atoms with E-state index >= 15 is 0 Å². The molecular weight excluding hydrogens is 326 g/mol. The van der Waals surface area contributed by atoms with E-state index in [1.165, 1.54) is 13.2 Å². The van der Waals surface area contributed by atoms with Gasteiger partial charge in [-0.05, 0) is 35.1 Å². The van der Waals surface area contributed by atoms with Gasteiger partial charge < -0.3 is 9.47 Å². The molecule has 0 spiro atoms. The molecule has 0 saturated heterocycles. The van der Waals surface area contributed by atoms with Gasteiger partial charge in [-0.1, -0.05) is 0 Å². The average Bonchev–Trinajstić information content (AvgIpc) is 1.99. The number of nitrogens with zero attached hydrogens (tertiary/aromatic N) is 1. The highest BCUT2D eigenvalue weighted by atomic mass is 127. The number of alkyl halides is 3. The first-order valence-electron chi connectivity index (χ1n) is 3.80. The molecular formula is C8H7F3INO2. The van der Waals surface area contributed by atoms with Crippen molar-refractivity contribution in [3.8, 4) is 11.6 Å². The first kappa shape index (κ1) is 12.3. The van der Waals surface area contributed by atoms with Crippen molar-refractivity contribution in [1.82, 2.24) is 4.98 Å². The Balaban J connectivity index is 3.04. The van der Waals surface area contributed by atoms with E-state index in [4.69, 9.17) is 4.74 Å². The molecule has 1 rings (SSSR count). The third-order valence-corrected chi connectivity index (χ3v) is 2.25. The highest BCUT2D eigenvalue weighted by molar-refractivity contribution is 14.1. The second-order valence-electron chi connectivity index (χ2n) is 2.65. The van der Waals surface area contributed by atoms with Crippen LogP contribution in [0.3, 0.4) is 0 Å². The Hall–Kier alpha value is -0.730. The molecule has 0 aromatic carbocycles. The van der Waals surface area contributed by atoms with E-state index in [-0.39, 0.29) is 0 Å². The van der Waals surface area contributed by atoms with Gasteiger partial charge in [-0.2, -0.15) is 0 Å². The van der Waals surface area contributed by atoms with Crippen LogP contribution < -0.4 is 9.47 Å². The lowest BCUT2D eigenvalue weighted by atomic mass is 10.3. The van der Waals surface area contributed by atoms with Gasteiger partial charge in [0, 0.05) is 6.07 Å². The van der Waals surface area contributed by atoms with Crippen molar-refractivity contribution in [3.05, 3.63) is 15.3 Å². The summed E-state index contributed by atoms with van der Waals surface area (Å²) in [5.41, 5.74) is 0.538. The largest absolute Gasteiger partial charge is 0.574 e. The van der Waals surface area contributed by atoms with Gasteiger partial charge in [-0.3, -0.25) is 0 Å². The number of hydrogen-bond acceptors (Lipinski definition) is 3. The zero-order valence-electron chi connectivity index (χ0n) is 7.85. The van der Waals surface area contributed by atoms with Crippen molar-refractivity contribution in [1.29, 1.82) is 0 Å². The maximum Gasteiger partial charge on any atom is 0.574 e. The number of pyridine rings is 1. The Bertz CT molecular complexity index is 344. The summed E-state index contributed by atoms with van der Waals surface area (Å²) in [6.45, 7) is 1.62. The van der Waals surface area contributed by atoms with Gasteiger partial charge >= 0.3 is 6.36 Å². The Labute approximate surface area is 97.7 Å². The van der Waals surface area contributed by atoms with Crippen LogP contribution in [0.15, 0.2) is 6.07 Å². The van der Waals surface area contributed by atoms with Crippen LogP contribution in [0.2, 0.25) is 0 Å². The van der Waals surface area contributed by atoms with Crippen molar-refractivity contribution >= 4 is 22.6 Å². The fourth-order valence-corrected chi connectivity index (χ4v) is 1.89. The lowest BCUT2D eigenvalue weighted by Gasteiger charge is -2.11. The minimum absolute atomic E-state index is 0.328. The number of aromatic nitrogens is 1. The maximum atomic E-state index is 11.9. The van der Waals surface area contributed by atoms with E-state index in [9.17, 15) is 13.2 Å². The molecule has 0 saturated carbocycles. The van der Waals surface area contributed by atoms with Gasteiger partial charge in [0.1, 0.15) is 3.70 Å². The Morgan fingerprint density at radius 1 is 1.40 bits per heavy atom. The molecule has 1 heterocycles. The highest BCUT2D eigenvalue weighted by Gasteiger charge is 2.32. The van der Waals surface area contributed by atoms with Gasteiger partial charge in [0.25, 0.3) is 0 Å². The number of methoxy groups -OCH3 is 1. The summed E-state index contributed by atoms with van der Waals surface area (Å²) < 4.78 is 44.6. The molecule has 1 aromatic heterocycles. The van der Waals surface area contributed by atoms with Gasteiger partial charge in [-0.15, -0.1) is 13.2 Å². The van der Waals surface area contributed by atoms with Gasteiger partial charge in [0.2, 0.25) is 5.88 Å². The smallest absolute Gasteiger partial charge is 0.494 e. The zero-order valence-corrected chi connectivity index (χ0v) is 10.0. The molecule has 0 atom stereocenters. The summed E-state index contributed by atoms with van der Waals surface area (Å²) in [5, 5.41) is 0. The Morgan fingerprint density at radius 2 is 2.00 bits per heavy atom. The zero-order chi connectivity index (χ0) is 11.6. The van der Waals surface area contributed by atoms with Gasteiger partial charge in [0.15, 0.2) is 5.75 Å². The number of aryl methyl sites for hydroxylation is 1. The number of hydrogen-bond donors (Lipinski definition) is 0. The summed E-state index contributed by atoms with van der Waals surface area (Å²) in [7, 11) is 1.43. The van der Waals surface area contributed by atoms with Crippen LogP contribution in [0, 0.1) is 10.6 Å². The first-order chi connectivity index (χ1) is 6.83. The van der Waals surface area contributed by atoms with E-state index < -0.39 is 12.2 Å². The quantitative estimate of drug-likeness (QED) is 0.616. The van der Waals surface area contributed by atoms with Crippen LogP contribution in [-0.2, 0) is 0 Å².